The maximum Gasteiger partial charge on any atom is 0.311 e. The van der Waals surface area contributed by atoms with Gasteiger partial charge in [-0.15, -0.1) is 0 Å². The smallest absolute Gasteiger partial charge is 0.311 e. The molecule has 2 unspecified atom stereocenters. The monoisotopic (exact) mass is 370 g/mol. The van der Waals surface area contributed by atoms with E-state index in [9.17, 15) is 9.59 Å². The van der Waals surface area contributed by atoms with Crippen molar-refractivity contribution in [1.82, 2.24) is 10.6 Å². The van der Waals surface area contributed by atoms with E-state index in [-0.39, 0.29) is 28.9 Å². The molecule has 4 saturated carbocycles. The number of benzene rings is 1. The van der Waals surface area contributed by atoms with Crippen molar-refractivity contribution in [2.24, 2.45) is 17.3 Å². The van der Waals surface area contributed by atoms with Crippen LogP contribution in [0.5, 0.6) is 0 Å². The van der Waals surface area contributed by atoms with Crippen LogP contribution >= 0.6 is 0 Å². The molecule has 4 aliphatic rings. The summed E-state index contributed by atoms with van der Waals surface area (Å²) in [5.74, 6) is 1.01. The van der Waals surface area contributed by atoms with Crippen molar-refractivity contribution >= 4 is 11.9 Å². The lowest BCUT2D eigenvalue weighted by Gasteiger charge is -2.60. The number of carbonyl (C=O) groups excluding carboxylic acids is 2. The van der Waals surface area contributed by atoms with Gasteiger partial charge in [0.15, 0.2) is 0 Å². The van der Waals surface area contributed by atoms with Crippen LogP contribution in [0.2, 0.25) is 0 Å². The van der Waals surface area contributed by atoms with Crippen molar-refractivity contribution in [1.29, 1.82) is 0 Å². The molecule has 5 nitrogen and oxygen atoms in total. The largest absolute Gasteiger partial charge is 0.469 e. The first-order valence-corrected chi connectivity index (χ1v) is 10.1. The minimum atomic E-state index is -0.388. The fourth-order valence-corrected chi connectivity index (χ4v) is 6.39. The minimum Gasteiger partial charge on any atom is -0.469 e. The van der Waals surface area contributed by atoms with Crippen LogP contribution in [0.1, 0.15) is 44.1 Å². The Morgan fingerprint density at radius 2 is 1.81 bits per heavy atom. The van der Waals surface area contributed by atoms with Gasteiger partial charge in [0.25, 0.3) is 0 Å². The van der Waals surface area contributed by atoms with E-state index < -0.39 is 0 Å². The predicted octanol–water partition coefficient (Wildman–Crippen LogP) is 2.45. The minimum absolute atomic E-state index is 0.0447. The fourth-order valence-electron chi connectivity index (χ4n) is 6.39. The fraction of sp³-hybridized carbons (Fsp3) is 0.636. The van der Waals surface area contributed by atoms with E-state index in [0.717, 1.165) is 37.7 Å². The van der Waals surface area contributed by atoms with E-state index in [1.54, 1.807) is 0 Å². The molecule has 0 heterocycles. The zero-order valence-corrected chi connectivity index (χ0v) is 16.3. The zero-order valence-electron chi connectivity index (χ0n) is 16.3. The van der Waals surface area contributed by atoms with E-state index in [2.05, 4.69) is 22.8 Å². The third kappa shape index (κ3) is 3.38. The van der Waals surface area contributed by atoms with Crippen molar-refractivity contribution in [2.45, 2.75) is 56.5 Å². The molecular weight excluding hydrogens is 340 g/mol. The summed E-state index contributed by atoms with van der Waals surface area (Å²) < 4.78 is 5.17. The summed E-state index contributed by atoms with van der Waals surface area (Å²) in [6.45, 7) is 0. The SMILES string of the molecule is CN[C@@H](Cc1ccccc1)C(=O)NC12CC3CC(C1)CC(C(=O)OC)(C3)C2. The number of hydrogen-bond acceptors (Lipinski definition) is 4. The molecule has 0 radical (unpaired) electrons. The summed E-state index contributed by atoms with van der Waals surface area (Å²) in [5.41, 5.74) is 0.505. The molecule has 4 aliphatic carbocycles. The summed E-state index contributed by atoms with van der Waals surface area (Å²) in [7, 11) is 3.33. The second-order valence-electron chi connectivity index (χ2n) is 9.03. The maximum absolute atomic E-state index is 13.1. The Balaban J connectivity index is 1.51. The highest BCUT2D eigenvalue weighted by molar-refractivity contribution is 5.83. The number of rotatable bonds is 6. The highest BCUT2D eigenvalue weighted by Crippen LogP contribution is 2.62. The molecule has 146 valence electrons. The predicted molar refractivity (Wildman–Crippen MR) is 103 cm³/mol. The summed E-state index contributed by atoms with van der Waals surface area (Å²) in [6.07, 6.45) is 6.42. The second-order valence-corrected chi connectivity index (χ2v) is 9.03. The summed E-state index contributed by atoms with van der Waals surface area (Å²) in [5, 5.41) is 6.56. The highest BCUT2D eigenvalue weighted by Gasteiger charge is 2.61. The third-order valence-electron chi connectivity index (χ3n) is 7.02. The van der Waals surface area contributed by atoms with Gasteiger partial charge < -0.3 is 15.4 Å². The van der Waals surface area contributed by atoms with E-state index in [1.165, 1.54) is 13.5 Å². The molecule has 0 spiro atoms. The van der Waals surface area contributed by atoms with Crippen molar-refractivity contribution in [3.63, 3.8) is 0 Å². The molecule has 5 heteroatoms. The van der Waals surface area contributed by atoms with Gasteiger partial charge in [-0.25, -0.2) is 0 Å². The van der Waals surface area contributed by atoms with Crippen LogP contribution in [0, 0.1) is 17.3 Å². The molecule has 1 aromatic carbocycles. The normalized spacial score (nSPS) is 34.9. The molecule has 5 rings (SSSR count). The van der Waals surface area contributed by atoms with Gasteiger partial charge in [0.05, 0.1) is 18.6 Å². The van der Waals surface area contributed by atoms with Gasteiger partial charge in [-0.1, -0.05) is 30.3 Å². The number of ether oxygens (including phenoxy) is 1. The first-order valence-electron chi connectivity index (χ1n) is 10.1. The zero-order chi connectivity index (χ0) is 19.1. The first-order chi connectivity index (χ1) is 13.0. The van der Waals surface area contributed by atoms with Gasteiger partial charge in [0.1, 0.15) is 0 Å². The molecule has 4 fully saturated rings. The van der Waals surface area contributed by atoms with Crippen molar-refractivity contribution in [2.75, 3.05) is 14.2 Å². The number of methoxy groups -OCH3 is 1. The number of esters is 1. The Labute approximate surface area is 161 Å². The Morgan fingerprint density at radius 3 is 2.41 bits per heavy atom. The van der Waals surface area contributed by atoms with Gasteiger partial charge >= 0.3 is 5.97 Å². The molecule has 2 N–H and O–H groups in total. The Morgan fingerprint density at radius 1 is 1.15 bits per heavy atom. The molecule has 0 aromatic heterocycles. The van der Waals surface area contributed by atoms with Crippen LogP contribution in [-0.4, -0.2) is 37.6 Å². The number of nitrogens with one attached hydrogen (secondary N) is 2. The molecule has 27 heavy (non-hydrogen) atoms. The Bertz CT molecular complexity index is 704. The summed E-state index contributed by atoms with van der Waals surface area (Å²) in [4.78, 5) is 25.7. The Kier molecular flexibility index (Phi) is 4.75. The number of carbonyl (C=O) groups is 2. The van der Waals surface area contributed by atoms with Crippen LogP contribution in [0.15, 0.2) is 30.3 Å². The number of amides is 1. The van der Waals surface area contributed by atoms with Gasteiger partial charge in [0, 0.05) is 5.54 Å². The Hall–Kier alpha value is -1.88. The average Bonchev–Trinajstić information content (AvgIpc) is 2.64. The van der Waals surface area contributed by atoms with Crippen LogP contribution in [-0.2, 0) is 20.7 Å². The first kappa shape index (κ1) is 18.5. The third-order valence-corrected chi connectivity index (χ3v) is 7.02. The molecular formula is C22H30N2O3. The molecule has 1 amide bonds. The van der Waals surface area contributed by atoms with Crippen LogP contribution in [0.4, 0.5) is 0 Å². The van der Waals surface area contributed by atoms with Crippen molar-refractivity contribution in [3.05, 3.63) is 35.9 Å². The molecule has 3 atom stereocenters. The van der Waals surface area contributed by atoms with Crippen molar-refractivity contribution in [3.8, 4) is 0 Å². The maximum atomic E-state index is 13.1. The van der Waals surface area contributed by atoms with Gasteiger partial charge in [-0.2, -0.15) is 0 Å². The molecule has 0 saturated heterocycles. The lowest BCUT2D eigenvalue weighted by Crippen LogP contribution is -2.66. The number of likely N-dealkylation sites (N-methyl/N-ethyl adjacent to an activating group) is 1. The number of hydrogen-bond donors (Lipinski definition) is 2. The summed E-state index contributed by atoms with van der Waals surface area (Å²) >= 11 is 0. The van der Waals surface area contributed by atoms with Crippen LogP contribution < -0.4 is 10.6 Å². The standard InChI is InChI=1S/C22H30N2O3/c1-23-18(9-15-6-4-3-5-7-15)19(25)24-22-12-16-8-17(13-22)11-21(10-16,14-22)20(26)27-2/h3-7,16-18,23H,8-14H2,1-2H3,(H,24,25)/t16?,17?,18-,21?,22?/m0/s1. The topological polar surface area (TPSA) is 67.4 Å². The van der Waals surface area contributed by atoms with Gasteiger partial charge in [-0.05, 0) is 69.4 Å². The highest BCUT2D eigenvalue weighted by atomic mass is 16.5. The quantitative estimate of drug-likeness (QED) is 0.755. The molecule has 4 bridgehead atoms. The second kappa shape index (κ2) is 6.93. The average molecular weight is 370 g/mol. The molecule has 1 aromatic rings. The van der Waals surface area contributed by atoms with E-state index in [0.29, 0.717) is 18.3 Å². The summed E-state index contributed by atoms with van der Waals surface area (Å²) in [6, 6.07) is 9.82. The van der Waals surface area contributed by atoms with Gasteiger partial charge in [-0.3, -0.25) is 9.59 Å². The molecule has 0 aliphatic heterocycles. The lowest BCUT2D eigenvalue weighted by atomic mass is 9.47. The van der Waals surface area contributed by atoms with Crippen LogP contribution in [0.3, 0.4) is 0 Å². The van der Waals surface area contributed by atoms with E-state index in [4.69, 9.17) is 4.74 Å². The van der Waals surface area contributed by atoms with Crippen LogP contribution in [0.25, 0.3) is 0 Å². The lowest BCUT2D eigenvalue weighted by molar-refractivity contribution is -0.173. The van der Waals surface area contributed by atoms with Gasteiger partial charge in [0.2, 0.25) is 5.91 Å². The van der Waals surface area contributed by atoms with E-state index >= 15 is 0 Å². The van der Waals surface area contributed by atoms with Crippen molar-refractivity contribution < 1.29 is 14.3 Å². The van der Waals surface area contributed by atoms with E-state index in [1.807, 2.05) is 25.2 Å².